The van der Waals surface area contributed by atoms with E-state index >= 15 is 0 Å². The molecule has 3 rings (SSSR count). The molecule has 1 atom stereocenters. The molecule has 110 valence electrons. The number of piperidine rings is 1. The number of nitrogens with one attached hydrogen (secondary N) is 1. The molecule has 2 heteroatoms. The van der Waals surface area contributed by atoms with Crippen molar-refractivity contribution in [3.63, 3.8) is 0 Å². The summed E-state index contributed by atoms with van der Waals surface area (Å²) < 4.78 is 6.12. The highest BCUT2D eigenvalue weighted by Gasteiger charge is 2.20. The molecule has 1 saturated carbocycles. The summed E-state index contributed by atoms with van der Waals surface area (Å²) in [4.78, 5) is 0. The molecule has 0 radical (unpaired) electrons. The van der Waals surface area contributed by atoms with Crippen molar-refractivity contribution in [1.29, 1.82) is 0 Å². The molecule has 0 amide bonds. The Labute approximate surface area is 122 Å². The van der Waals surface area contributed by atoms with Crippen LogP contribution in [0.2, 0.25) is 0 Å². The van der Waals surface area contributed by atoms with Gasteiger partial charge in [0, 0.05) is 0 Å². The van der Waals surface area contributed by atoms with Crippen molar-refractivity contribution in [1.82, 2.24) is 5.32 Å². The molecular formula is C18H27NO. The zero-order valence-corrected chi connectivity index (χ0v) is 12.7. The molecule has 0 aromatic heterocycles. The molecule has 1 N–H and O–H groups in total. The molecule has 1 heterocycles. The predicted octanol–water partition coefficient (Wildman–Crippen LogP) is 3.72. The normalized spacial score (nSPS) is 23.4. The van der Waals surface area contributed by atoms with Crippen molar-refractivity contribution in [3.05, 3.63) is 29.3 Å². The lowest BCUT2D eigenvalue weighted by Crippen LogP contribution is -2.31. The fourth-order valence-electron chi connectivity index (χ4n) is 3.28. The second-order valence-corrected chi connectivity index (χ2v) is 6.64. The van der Waals surface area contributed by atoms with E-state index in [1.807, 2.05) is 0 Å². The summed E-state index contributed by atoms with van der Waals surface area (Å²) in [7, 11) is 0. The monoisotopic (exact) mass is 273 g/mol. The van der Waals surface area contributed by atoms with E-state index in [2.05, 4.69) is 30.4 Å². The number of benzene rings is 1. The zero-order chi connectivity index (χ0) is 13.8. The van der Waals surface area contributed by atoms with Crippen molar-refractivity contribution in [2.75, 3.05) is 19.7 Å². The van der Waals surface area contributed by atoms with Gasteiger partial charge in [-0.1, -0.05) is 24.1 Å². The van der Waals surface area contributed by atoms with E-state index in [0.717, 1.165) is 37.2 Å². The maximum atomic E-state index is 6.12. The average Bonchev–Trinajstić information content (AvgIpc) is 2.40. The zero-order valence-electron chi connectivity index (χ0n) is 12.7. The van der Waals surface area contributed by atoms with Crippen molar-refractivity contribution >= 4 is 0 Å². The third kappa shape index (κ3) is 3.54. The minimum absolute atomic E-state index is 0.775. The molecular weight excluding hydrogens is 246 g/mol. The van der Waals surface area contributed by atoms with E-state index in [4.69, 9.17) is 4.74 Å². The van der Waals surface area contributed by atoms with Crippen LogP contribution in [0.15, 0.2) is 18.2 Å². The van der Waals surface area contributed by atoms with Gasteiger partial charge in [0.1, 0.15) is 5.75 Å². The first-order valence-corrected chi connectivity index (χ1v) is 8.24. The summed E-state index contributed by atoms with van der Waals surface area (Å²) >= 11 is 0. The van der Waals surface area contributed by atoms with Gasteiger partial charge in [0.2, 0.25) is 0 Å². The van der Waals surface area contributed by atoms with Gasteiger partial charge in [0.05, 0.1) is 6.61 Å². The topological polar surface area (TPSA) is 21.3 Å². The third-order valence-corrected chi connectivity index (χ3v) is 4.82. The second-order valence-electron chi connectivity index (χ2n) is 6.64. The van der Waals surface area contributed by atoms with E-state index in [1.165, 1.54) is 49.8 Å². The molecule has 1 saturated heterocycles. The Hall–Kier alpha value is -1.02. The first-order valence-electron chi connectivity index (χ1n) is 8.24. The van der Waals surface area contributed by atoms with E-state index in [0.29, 0.717) is 0 Å². The Balaban J connectivity index is 1.64. The summed E-state index contributed by atoms with van der Waals surface area (Å²) in [6.45, 7) is 5.45. The number of ether oxygens (including phenoxy) is 1. The average molecular weight is 273 g/mol. The maximum Gasteiger partial charge on any atom is 0.122 e. The summed E-state index contributed by atoms with van der Waals surface area (Å²) in [5.41, 5.74) is 2.76. The van der Waals surface area contributed by atoms with Crippen LogP contribution in [0.5, 0.6) is 5.75 Å². The Morgan fingerprint density at radius 2 is 2.00 bits per heavy atom. The van der Waals surface area contributed by atoms with Gasteiger partial charge in [-0.05, 0) is 75.6 Å². The van der Waals surface area contributed by atoms with Crippen LogP contribution in [0, 0.1) is 18.8 Å². The van der Waals surface area contributed by atoms with Crippen molar-refractivity contribution < 1.29 is 4.74 Å². The van der Waals surface area contributed by atoms with Crippen LogP contribution < -0.4 is 10.1 Å². The van der Waals surface area contributed by atoms with Gasteiger partial charge in [0.15, 0.2) is 0 Å². The highest BCUT2D eigenvalue weighted by molar-refractivity contribution is 5.37. The van der Waals surface area contributed by atoms with Gasteiger partial charge in [-0.25, -0.2) is 0 Å². The Kier molecular flexibility index (Phi) is 4.62. The van der Waals surface area contributed by atoms with E-state index in [1.54, 1.807) is 0 Å². The first kappa shape index (κ1) is 13.9. The number of hydrogen-bond acceptors (Lipinski definition) is 2. The second kappa shape index (κ2) is 6.62. The van der Waals surface area contributed by atoms with Crippen LogP contribution in [0.1, 0.15) is 43.2 Å². The lowest BCUT2D eigenvalue weighted by molar-refractivity contribution is 0.179. The van der Waals surface area contributed by atoms with Crippen LogP contribution in [-0.4, -0.2) is 19.7 Å². The molecule has 2 nitrogen and oxygen atoms in total. The summed E-state index contributed by atoms with van der Waals surface area (Å²) in [6.07, 6.45) is 7.93. The fourth-order valence-corrected chi connectivity index (χ4v) is 3.28. The fraction of sp³-hybridized carbons (Fsp3) is 0.667. The van der Waals surface area contributed by atoms with Crippen LogP contribution >= 0.6 is 0 Å². The van der Waals surface area contributed by atoms with Gasteiger partial charge in [-0.3, -0.25) is 0 Å². The molecule has 0 bridgehead atoms. The van der Waals surface area contributed by atoms with Gasteiger partial charge in [0.25, 0.3) is 0 Å². The van der Waals surface area contributed by atoms with Crippen molar-refractivity contribution in [3.8, 4) is 5.75 Å². The molecule has 0 spiro atoms. The largest absolute Gasteiger partial charge is 0.493 e. The van der Waals surface area contributed by atoms with Crippen LogP contribution in [0.25, 0.3) is 0 Å². The molecule has 1 aromatic carbocycles. The van der Waals surface area contributed by atoms with Gasteiger partial charge in [-0.15, -0.1) is 0 Å². The van der Waals surface area contributed by atoms with Crippen LogP contribution in [0.4, 0.5) is 0 Å². The predicted molar refractivity (Wildman–Crippen MR) is 83.3 cm³/mol. The van der Waals surface area contributed by atoms with Gasteiger partial charge in [-0.2, -0.15) is 0 Å². The molecule has 20 heavy (non-hydrogen) atoms. The minimum atomic E-state index is 0.775. The molecule has 1 aliphatic carbocycles. The molecule has 2 fully saturated rings. The number of rotatable bonds is 5. The highest BCUT2D eigenvalue weighted by atomic mass is 16.5. The van der Waals surface area contributed by atoms with E-state index in [-0.39, 0.29) is 0 Å². The van der Waals surface area contributed by atoms with E-state index < -0.39 is 0 Å². The minimum Gasteiger partial charge on any atom is -0.493 e. The Morgan fingerprint density at radius 1 is 1.15 bits per heavy atom. The lowest BCUT2D eigenvalue weighted by atomic mass is 9.86. The Morgan fingerprint density at radius 3 is 2.70 bits per heavy atom. The number of aryl methyl sites for hydroxylation is 1. The highest BCUT2D eigenvalue weighted by Crippen LogP contribution is 2.30. The molecule has 1 unspecified atom stereocenters. The maximum absolute atomic E-state index is 6.12. The smallest absolute Gasteiger partial charge is 0.122 e. The summed E-state index contributed by atoms with van der Waals surface area (Å²) in [6, 6.07) is 6.68. The van der Waals surface area contributed by atoms with Crippen molar-refractivity contribution in [2.45, 2.75) is 45.4 Å². The summed E-state index contributed by atoms with van der Waals surface area (Å²) in [5, 5.41) is 3.52. The van der Waals surface area contributed by atoms with Crippen LogP contribution in [0.3, 0.4) is 0 Å². The van der Waals surface area contributed by atoms with Gasteiger partial charge >= 0.3 is 0 Å². The molecule has 1 aliphatic heterocycles. The van der Waals surface area contributed by atoms with Gasteiger partial charge < -0.3 is 10.1 Å². The lowest BCUT2D eigenvalue weighted by Gasteiger charge is -2.27. The number of hydrogen-bond donors (Lipinski definition) is 1. The third-order valence-electron chi connectivity index (χ3n) is 4.82. The quantitative estimate of drug-likeness (QED) is 0.883. The van der Waals surface area contributed by atoms with Crippen molar-refractivity contribution in [2.24, 2.45) is 11.8 Å². The summed E-state index contributed by atoms with van der Waals surface area (Å²) in [5.74, 6) is 2.71. The van der Waals surface area contributed by atoms with Crippen LogP contribution in [-0.2, 0) is 6.42 Å². The SMILES string of the molecule is Cc1ccc(OCC2CCC2)c(CC2CCCNC2)c1. The van der Waals surface area contributed by atoms with E-state index in [9.17, 15) is 0 Å². The molecule has 2 aliphatic rings. The molecule has 1 aromatic rings. The first-order chi connectivity index (χ1) is 9.81. The Bertz CT molecular complexity index is 433. The standard InChI is InChI=1S/C18H27NO/c1-14-7-8-18(20-13-15-4-2-5-15)17(10-14)11-16-6-3-9-19-12-16/h7-8,10,15-16,19H,2-6,9,11-13H2,1H3.